The molecule has 176 valence electrons. The van der Waals surface area contributed by atoms with Gasteiger partial charge in [-0.25, -0.2) is 0 Å². The van der Waals surface area contributed by atoms with Crippen molar-refractivity contribution in [2.45, 2.75) is 51.0 Å². The van der Waals surface area contributed by atoms with E-state index in [4.69, 9.17) is 11.6 Å². The maximum atomic E-state index is 10.2. The number of piperidine rings is 2. The fraction of sp³-hybridized carbons (Fsp3) is 0.500. The standard InChI is InChI=1S/C28H36ClN3O/c1-20-16-23(6-7-27(20)29)31-12-8-21(9-13-31)17-24(19-33)32-14-10-22(11-15-32)26-18-30-28-5-3-2-4-25(26)28/h2-7,16,18,21-22,24,30,33H,8-15,17,19H2,1H3. The summed E-state index contributed by atoms with van der Waals surface area (Å²) >= 11 is 6.21. The molecule has 3 heterocycles. The van der Waals surface area contributed by atoms with Gasteiger partial charge in [0.15, 0.2) is 0 Å². The van der Waals surface area contributed by atoms with Gasteiger partial charge >= 0.3 is 0 Å². The molecule has 1 aromatic heterocycles. The van der Waals surface area contributed by atoms with Crippen molar-refractivity contribution < 1.29 is 5.11 Å². The molecule has 2 aliphatic heterocycles. The highest BCUT2D eigenvalue weighted by Gasteiger charge is 2.29. The number of benzene rings is 2. The van der Waals surface area contributed by atoms with Gasteiger partial charge in [0, 0.05) is 46.9 Å². The second-order valence-electron chi connectivity index (χ2n) is 10.0. The number of aliphatic hydroxyl groups is 1. The summed E-state index contributed by atoms with van der Waals surface area (Å²) in [6.45, 7) is 6.69. The molecule has 1 atom stereocenters. The first-order chi connectivity index (χ1) is 16.1. The molecule has 4 nitrogen and oxygen atoms in total. The van der Waals surface area contributed by atoms with Crippen LogP contribution in [0.5, 0.6) is 0 Å². The van der Waals surface area contributed by atoms with Gasteiger partial charge in [0.25, 0.3) is 0 Å². The molecule has 0 radical (unpaired) electrons. The summed E-state index contributed by atoms with van der Waals surface area (Å²) < 4.78 is 0. The van der Waals surface area contributed by atoms with Crippen LogP contribution < -0.4 is 4.90 Å². The van der Waals surface area contributed by atoms with E-state index in [-0.39, 0.29) is 6.61 Å². The fourth-order valence-electron chi connectivity index (χ4n) is 5.98. The maximum Gasteiger partial charge on any atom is 0.0586 e. The number of para-hydroxylation sites is 1. The molecular weight excluding hydrogens is 430 g/mol. The van der Waals surface area contributed by atoms with Gasteiger partial charge in [0.2, 0.25) is 0 Å². The zero-order valence-electron chi connectivity index (χ0n) is 19.6. The van der Waals surface area contributed by atoms with Gasteiger partial charge in [-0.05, 0) is 99.3 Å². The number of halogens is 1. The number of fused-ring (bicyclic) bond motifs is 1. The Morgan fingerprint density at radius 3 is 2.52 bits per heavy atom. The average Bonchev–Trinajstić information content (AvgIpc) is 3.29. The summed E-state index contributed by atoms with van der Waals surface area (Å²) in [6.07, 6.45) is 8.07. The third kappa shape index (κ3) is 4.94. The van der Waals surface area contributed by atoms with Crippen molar-refractivity contribution in [3.63, 3.8) is 0 Å². The van der Waals surface area contributed by atoms with E-state index in [0.717, 1.165) is 43.2 Å². The molecule has 2 aromatic carbocycles. The van der Waals surface area contributed by atoms with Gasteiger partial charge in [-0.15, -0.1) is 0 Å². The van der Waals surface area contributed by atoms with Crippen LogP contribution in [-0.4, -0.2) is 53.8 Å². The first-order valence-corrected chi connectivity index (χ1v) is 12.9. The largest absolute Gasteiger partial charge is 0.395 e. The van der Waals surface area contributed by atoms with E-state index in [0.29, 0.717) is 17.9 Å². The highest BCUT2D eigenvalue weighted by Crippen LogP contribution is 2.35. The van der Waals surface area contributed by atoms with E-state index in [9.17, 15) is 5.11 Å². The number of likely N-dealkylation sites (tertiary alicyclic amines) is 1. The summed E-state index contributed by atoms with van der Waals surface area (Å²) in [5, 5.41) is 12.4. The van der Waals surface area contributed by atoms with Crippen molar-refractivity contribution in [2.24, 2.45) is 5.92 Å². The number of H-pyrrole nitrogens is 1. The summed E-state index contributed by atoms with van der Waals surface area (Å²) in [5.41, 5.74) is 5.14. The Bertz CT molecular complexity index is 1060. The number of hydrogen-bond donors (Lipinski definition) is 2. The monoisotopic (exact) mass is 465 g/mol. The van der Waals surface area contributed by atoms with Gasteiger partial charge in [-0.2, -0.15) is 0 Å². The number of aryl methyl sites for hydroxylation is 1. The van der Waals surface area contributed by atoms with E-state index < -0.39 is 0 Å². The minimum atomic E-state index is 0.272. The molecule has 2 N–H and O–H groups in total. The predicted molar refractivity (Wildman–Crippen MR) is 138 cm³/mol. The zero-order chi connectivity index (χ0) is 22.8. The number of hydrogen-bond acceptors (Lipinski definition) is 3. The molecule has 0 spiro atoms. The second kappa shape index (κ2) is 10.1. The molecule has 3 aromatic rings. The lowest BCUT2D eigenvalue weighted by atomic mass is 9.86. The summed E-state index contributed by atoms with van der Waals surface area (Å²) in [6, 6.07) is 15.3. The minimum Gasteiger partial charge on any atom is -0.395 e. The Morgan fingerprint density at radius 1 is 1.03 bits per heavy atom. The Morgan fingerprint density at radius 2 is 1.79 bits per heavy atom. The van der Waals surface area contributed by atoms with Crippen molar-refractivity contribution in [1.82, 2.24) is 9.88 Å². The molecule has 5 rings (SSSR count). The second-order valence-corrected chi connectivity index (χ2v) is 10.4. The van der Waals surface area contributed by atoms with Crippen molar-refractivity contribution in [3.8, 4) is 0 Å². The Kier molecular flexibility index (Phi) is 6.96. The first-order valence-electron chi connectivity index (χ1n) is 12.5. The lowest BCUT2D eigenvalue weighted by molar-refractivity contribution is 0.0781. The molecular formula is C28H36ClN3O. The molecule has 0 saturated carbocycles. The fourth-order valence-corrected chi connectivity index (χ4v) is 6.10. The van der Waals surface area contributed by atoms with Gasteiger partial charge < -0.3 is 15.0 Å². The van der Waals surface area contributed by atoms with E-state index in [2.05, 4.69) is 64.3 Å². The first kappa shape index (κ1) is 22.8. The highest BCUT2D eigenvalue weighted by atomic mass is 35.5. The van der Waals surface area contributed by atoms with Crippen LogP contribution in [0.4, 0.5) is 5.69 Å². The van der Waals surface area contributed by atoms with Crippen LogP contribution in [0.3, 0.4) is 0 Å². The number of aromatic amines is 1. The minimum absolute atomic E-state index is 0.272. The van der Waals surface area contributed by atoms with Gasteiger partial charge in [-0.3, -0.25) is 4.90 Å². The predicted octanol–water partition coefficient (Wildman–Crippen LogP) is 5.98. The van der Waals surface area contributed by atoms with Crippen LogP contribution in [0.2, 0.25) is 5.02 Å². The normalized spacial score (nSPS) is 19.9. The number of anilines is 1. The molecule has 2 fully saturated rings. The molecule has 2 aliphatic rings. The van der Waals surface area contributed by atoms with Crippen LogP contribution in [-0.2, 0) is 0 Å². The van der Waals surface area contributed by atoms with E-state index in [1.165, 1.54) is 47.8 Å². The number of aromatic nitrogens is 1. The Hall–Kier alpha value is -2.01. The highest BCUT2D eigenvalue weighted by molar-refractivity contribution is 6.31. The van der Waals surface area contributed by atoms with E-state index in [1.54, 1.807) is 0 Å². The number of nitrogens with one attached hydrogen (secondary N) is 1. The van der Waals surface area contributed by atoms with E-state index >= 15 is 0 Å². The molecule has 33 heavy (non-hydrogen) atoms. The zero-order valence-corrected chi connectivity index (χ0v) is 20.4. The Balaban J connectivity index is 1.13. The summed E-state index contributed by atoms with van der Waals surface area (Å²) in [5.74, 6) is 1.31. The average molecular weight is 466 g/mol. The van der Waals surface area contributed by atoms with Crippen molar-refractivity contribution in [3.05, 3.63) is 64.8 Å². The van der Waals surface area contributed by atoms with Crippen LogP contribution in [0.15, 0.2) is 48.7 Å². The number of rotatable bonds is 6. The van der Waals surface area contributed by atoms with Crippen LogP contribution in [0.1, 0.15) is 49.1 Å². The number of nitrogens with zero attached hydrogens (tertiary/aromatic N) is 2. The van der Waals surface area contributed by atoms with Gasteiger partial charge in [0.05, 0.1) is 6.61 Å². The molecule has 0 bridgehead atoms. The lowest BCUT2D eigenvalue weighted by Gasteiger charge is -2.40. The van der Waals surface area contributed by atoms with Gasteiger partial charge in [-0.1, -0.05) is 29.8 Å². The third-order valence-electron chi connectivity index (χ3n) is 8.04. The Labute approximate surface area is 202 Å². The van der Waals surface area contributed by atoms with Crippen LogP contribution >= 0.6 is 11.6 Å². The quantitative estimate of drug-likeness (QED) is 0.470. The molecule has 1 unspecified atom stereocenters. The van der Waals surface area contributed by atoms with Crippen LogP contribution in [0, 0.1) is 12.8 Å². The maximum absolute atomic E-state index is 10.2. The summed E-state index contributed by atoms with van der Waals surface area (Å²) in [7, 11) is 0. The molecule has 0 aliphatic carbocycles. The van der Waals surface area contributed by atoms with Crippen LogP contribution in [0.25, 0.3) is 10.9 Å². The topological polar surface area (TPSA) is 42.5 Å². The van der Waals surface area contributed by atoms with Crippen molar-refractivity contribution in [1.29, 1.82) is 0 Å². The van der Waals surface area contributed by atoms with Crippen molar-refractivity contribution in [2.75, 3.05) is 37.7 Å². The van der Waals surface area contributed by atoms with E-state index in [1.807, 2.05) is 6.07 Å². The summed E-state index contributed by atoms with van der Waals surface area (Å²) in [4.78, 5) is 8.48. The third-order valence-corrected chi connectivity index (χ3v) is 8.47. The smallest absolute Gasteiger partial charge is 0.0586 e. The lowest BCUT2D eigenvalue weighted by Crippen LogP contribution is -2.45. The molecule has 5 heteroatoms. The molecule has 2 saturated heterocycles. The SMILES string of the molecule is Cc1cc(N2CCC(CC(CO)N3CCC(c4c[nH]c5ccccc45)CC3)CC2)ccc1Cl. The van der Waals surface area contributed by atoms with Gasteiger partial charge in [0.1, 0.15) is 0 Å². The molecule has 0 amide bonds. The number of aliphatic hydroxyl groups excluding tert-OH is 1. The van der Waals surface area contributed by atoms with Crippen molar-refractivity contribution >= 4 is 28.2 Å².